The highest BCUT2D eigenvalue weighted by molar-refractivity contribution is 5.95. The second-order valence-electron chi connectivity index (χ2n) is 4.73. The van der Waals surface area contributed by atoms with Gasteiger partial charge in [-0.15, -0.1) is 0 Å². The van der Waals surface area contributed by atoms with E-state index in [0.29, 0.717) is 11.3 Å². The van der Waals surface area contributed by atoms with Gasteiger partial charge in [0.2, 0.25) is 0 Å². The van der Waals surface area contributed by atoms with Gasteiger partial charge in [0, 0.05) is 23.8 Å². The molecule has 21 heavy (non-hydrogen) atoms. The fourth-order valence-corrected chi connectivity index (χ4v) is 1.52. The topological polar surface area (TPSA) is 108 Å². The number of carbonyl (C=O) groups is 3. The van der Waals surface area contributed by atoms with Crippen LogP contribution in [0.15, 0.2) is 24.3 Å². The molecule has 0 aliphatic carbocycles. The lowest BCUT2D eigenvalue weighted by Crippen LogP contribution is -2.34. The van der Waals surface area contributed by atoms with E-state index in [0.717, 1.165) is 0 Å². The summed E-state index contributed by atoms with van der Waals surface area (Å²) in [7, 11) is 0. The SMILES string of the molecule is CC(C)NC(=O)Nc1ccc(C(=O)NCCC(=O)O)cc1. The van der Waals surface area contributed by atoms with Crippen LogP contribution in [0.1, 0.15) is 30.6 Å². The number of nitrogens with one attached hydrogen (secondary N) is 3. The van der Waals surface area contributed by atoms with Crippen LogP contribution < -0.4 is 16.0 Å². The molecular weight excluding hydrogens is 274 g/mol. The summed E-state index contributed by atoms with van der Waals surface area (Å²) in [6.07, 6.45) is -0.124. The summed E-state index contributed by atoms with van der Waals surface area (Å²) < 4.78 is 0. The Kier molecular flexibility index (Phi) is 6.19. The maximum atomic E-state index is 11.7. The van der Waals surface area contributed by atoms with E-state index in [2.05, 4.69) is 16.0 Å². The van der Waals surface area contributed by atoms with Crippen molar-refractivity contribution in [3.05, 3.63) is 29.8 Å². The van der Waals surface area contributed by atoms with Gasteiger partial charge in [0.15, 0.2) is 0 Å². The highest BCUT2D eigenvalue weighted by Crippen LogP contribution is 2.09. The molecule has 0 atom stereocenters. The molecule has 0 aliphatic heterocycles. The Labute approximate surface area is 122 Å². The molecule has 0 saturated carbocycles. The number of anilines is 1. The first-order valence-corrected chi connectivity index (χ1v) is 6.56. The van der Waals surface area contributed by atoms with E-state index < -0.39 is 5.97 Å². The molecule has 0 radical (unpaired) electrons. The van der Waals surface area contributed by atoms with Gasteiger partial charge in [-0.2, -0.15) is 0 Å². The molecule has 7 heteroatoms. The Hall–Kier alpha value is -2.57. The lowest BCUT2D eigenvalue weighted by Gasteiger charge is -2.10. The molecular formula is C14H19N3O4. The average Bonchev–Trinajstić information content (AvgIpc) is 2.37. The minimum Gasteiger partial charge on any atom is -0.481 e. The number of carboxylic acid groups (broad SMARTS) is 1. The number of hydrogen-bond acceptors (Lipinski definition) is 3. The van der Waals surface area contributed by atoms with Crippen molar-refractivity contribution in [1.82, 2.24) is 10.6 Å². The second-order valence-corrected chi connectivity index (χ2v) is 4.73. The smallest absolute Gasteiger partial charge is 0.319 e. The number of carbonyl (C=O) groups excluding carboxylic acids is 2. The molecule has 0 aliphatic rings. The average molecular weight is 293 g/mol. The lowest BCUT2D eigenvalue weighted by atomic mass is 10.2. The van der Waals surface area contributed by atoms with Crippen LogP contribution in [0.25, 0.3) is 0 Å². The fourth-order valence-electron chi connectivity index (χ4n) is 1.52. The Balaban J connectivity index is 2.51. The molecule has 0 unspecified atom stereocenters. The molecule has 7 nitrogen and oxygen atoms in total. The van der Waals surface area contributed by atoms with Crippen molar-refractivity contribution in [2.75, 3.05) is 11.9 Å². The highest BCUT2D eigenvalue weighted by atomic mass is 16.4. The quantitative estimate of drug-likeness (QED) is 0.636. The number of urea groups is 1. The van der Waals surface area contributed by atoms with Crippen molar-refractivity contribution < 1.29 is 19.5 Å². The summed E-state index contributed by atoms with van der Waals surface area (Å²) >= 11 is 0. The molecule has 3 amide bonds. The summed E-state index contributed by atoms with van der Waals surface area (Å²) in [5.74, 6) is -1.32. The number of hydrogen-bond donors (Lipinski definition) is 4. The van der Waals surface area contributed by atoms with E-state index in [1.807, 2.05) is 13.8 Å². The molecule has 0 spiro atoms. The van der Waals surface area contributed by atoms with Crippen LogP contribution >= 0.6 is 0 Å². The molecule has 0 aromatic heterocycles. The van der Waals surface area contributed by atoms with Gasteiger partial charge in [0.1, 0.15) is 0 Å². The van der Waals surface area contributed by atoms with Crippen molar-refractivity contribution in [2.24, 2.45) is 0 Å². The maximum absolute atomic E-state index is 11.7. The molecule has 0 bridgehead atoms. The van der Waals surface area contributed by atoms with Gasteiger partial charge < -0.3 is 21.1 Å². The highest BCUT2D eigenvalue weighted by Gasteiger charge is 2.07. The molecule has 0 heterocycles. The molecule has 1 aromatic carbocycles. The monoisotopic (exact) mass is 293 g/mol. The first-order chi connectivity index (χ1) is 9.88. The first-order valence-electron chi connectivity index (χ1n) is 6.56. The van der Waals surface area contributed by atoms with E-state index >= 15 is 0 Å². The van der Waals surface area contributed by atoms with Crippen LogP contribution in [0.3, 0.4) is 0 Å². The molecule has 0 fully saturated rings. The van der Waals surface area contributed by atoms with Crippen molar-refractivity contribution in [1.29, 1.82) is 0 Å². The lowest BCUT2D eigenvalue weighted by molar-refractivity contribution is -0.136. The van der Waals surface area contributed by atoms with E-state index in [1.165, 1.54) is 0 Å². The molecule has 1 rings (SSSR count). The molecule has 114 valence electrons. The number of rotatable bonds is 6. The van der Waals surface area contributed by atoms with Gasteiger partial charge in [-0.25, -0.2) is 4.79 Å². The third-order valence-electron chi connectivity index (χ3n) is 2.45. The zero-order valence-corrected chi connectivity index (χ0v) is 12.0. The normalized spacial score (nSPS) is 10.0. The van der Waals surface area contributed by atoms with Gasteiger partial charge in [-0.3, -0.25) is 9.59 Å². The van der Waals surface area contributed by atoms with Crippen LogP contribution in [-0.2, 0) is 4.79 Å². The summed E-state index contributed by atoms with van der Waals surface area (Å²) in [6.45, 7) is 3.78. The van der Waals surface area contributed by atoms with E-state index in [9.17, 15) is 14.4 Å². The Morgan fingerprint density at radius 2 is 1.76 bits per heavy atom. The molecule has 0 saturated heterocycles. The van der Waals surface area contributed by atoms with Gasteiger partial charge in [-0.1, -0.05) is 0 Å². The summed E-state index contributed by atoms with van der Waals surface area (Å²) in [6, 6.07) is 6.04. The van der Waals surface area contributed by atoms with Crippen LogP contribution in [-0.4, -0.2) is 35.6 Å². The predicted molar refractivity (Wildman–Crippen MR) is 78.3 cm³/mol. The van der Waals surface area contributed by atoms with Crippen LogP contribution in [0.2, 0.25) is 0 Å². The van der Waals surface area contributed by atoms with E-state index in [1.54, 1.807) is 24.3 Å². The second kappa shape index (κ2) is 7.88. The number of benzene rings is 1. The zero-order valence-electron chi connectivity index (χ0n) is 12.0. The van der Waals surface area contributed by atoms with E-state index in [4.69, 9.17) is 5.11 Å². The first kappa shape index (κ1) is 16.5. The Morgan fingerprint density at radius 3 is 2.29 bits per heavy atom. The minimum atomic E-state index is -0.967. The summed E-state index contributed by atoms with van der Waals surface area (Å²) in [5, 5.41) is 16.3. The molecule has 4 N–H and O–H groups in total. The fraction of sp³-hybridized carbons (Fsp3) is 0.357. The largest absolute Gasteiger partial charge is 0.481 e. The third-order valence-corrected chi connectivity index (χ3v) is 2.45. The van der Waals surface area contributed by atoms with Crippen molar-refractivity contribution in [2.45, 2.75) is 26.3 Å². The van der Waals surface area contributed by atoms with Gasteiger partial charge in [-0.05, 0) is 38.1 Å². The number of amides is 3. The molecule has 1 aromatic rings. The Bertz CT molecular complexity index is 511. The van der Waals surface area contributed by atoms with E-state index in [-0.39, 0.29) is 30.9 Å². The third kappa shape index (κ3) is 6.42. The summed E-state index contributed by atoms with van der Waals surface area (Å²) in [5.41, 5.74) is 0.963. The van der Waals surface area contributed by atoms with Gasteiger partial charge >= 0.3 is 12.0 Å². The maximum Gasteiger partial charge on any atom is 0.319 e. The van der Waals surface area contributed by atoms with Crippen LogP contribution in [0.4, 0.5) is 10.5 Å². The van der Waals surface area contributed by atoms with Crippen molar-refractivity contribution in [3.8, 4) is 0 Å². The zero-order chi connectivity index (χ0) is 15.8. The predicted octanol–water partition coefficient (Wildman–Crippen LogP) is 1.42. The van der Waals surface area contributed by atoms with Gasteiger partial charge in [0.25, 0.3) is 5.91 Å². The van der Waals surface area contributed by atoms with Gasteiger partial charge in [0.05, 0.1) is 6.42 Å². The van der Waals surface area contributed by atoms with Crippen molar-refractivity contribution >= 4 is 23.6 Å². The number of aliphatic carboxylic acids is 1. The van der Waals surface area contributed by atoms with Crippen LogP contribution in [0.5, 0.6) is 0 Å². The number of carboxylic acids is 1. The van der Waals surface area contributed by atoms with Crippen LogP contribution in [0, 0.1) is 0 Å². The minimum absolute atomic E-state index is 0.0317. The standard InChI is InChI=1S/C14H19N3O4/c1-9(2)16-14(21)17-11-5-3-10(4-6-11)13(20)15-8-7-12(18)19/h3-6,9H,7-8H2,1-2H3,(H,15,20)(H,18,19)(H2,16,17,21). The van der Waals surface area contributed by atoms with Crippen molar-refractivity contribution in [3.63, 3.8) is 0 Å². The summed E-state index contributed by atoms with van der Waals surface area (Å²) in [4.78, 5) is 33.5. The Morgan fingerprint density at radius 1 is 1.14 bits per heavy atom.